The predicted molar refractivity (Wildman–Crippen MR) is 44.2 cm³/mol. The van der Waals surface area contributed by atoms with E-state index in [4.69, 9.17) is 0 Å². The van der Waals surface area contributed by atoms with E-state index in [1.165, 1.54) is 0 Å². The SMILES string of the molecule is [c]1cncc(-c2nccs2)c1. The van der Waals surface area contributed by atoms with Crippen molar-refractivity contribution in [3.05, 3.63) is 36.1 Å². The molecule has 0 atom stereocenters. The van der Waals surface area contributed by atoms with E-state index < -0.39 is 0 Å². The first-order valence-electron chi connectivity index (χ1n) is 3.18. The third-order valence-corrected chi connectivity index (χ3v) is 2.10. The Morgan fingerprint density at radius 2 is 2.45 bits per heavy atom. The lowest BCUT2D eigenvalue weighted by Gasteiger charge is -1.90. The molecule has 11 heavy (non-hydrogen) atoms. The predicted octanol–water partition coefficient (Wildman–Crippen LogP) is 2.01. The number of thiazole rings is 1. The van der Waals surface area contributed by atoms with Crippen molar-refractivity contribution >= 4 is 11.3 Å². The van der Waals surface area contributed by atoms with Gasteiger partial charge in [-0.25, -0.2) is 4.98 Å². The maximum atomic E-state index is 4.14. The summed E-state index contributed by atoms with van der Waals surface area (Å²) in [5.41, 5.74) is 1.03. The normalized spacial score (nSPS) is 9.82. The molecule has 0 aromatic carbocycles. The van der Waals surface area contributed by atoms with E-state index in [-0.39, 0.29) is 0 Å². The van der Waals surface area contributed by atoms with Crippen molar-refractivity contribution in [1.82, 2.24) is 9.97 Å². The van der Waals surface area contributed by atoms with Crippen LogP contribution in [0, 0.1) is 6.07 Å². The van der Waals surface area contributed by atoms with Crippen LogP contribution >= 0.6 is 11.3 Å². The summed E-state index contributed by atoms with van der Waals surface area (Å²) < 4.78 is 0. The van der Waals surface area contributed by atoms with Crippen LogP contribution in [0.4, 0.5) is 0 Å². The molecule has 0 fully saturated rings. The van der Waals surface area contributed by atoms with Crippen LogP contribution in [-0.2, 0) is 0 Å². The second-order valence-corrected chi connectivity index (χ2v) is 2.91. The van der Waals surface area contributed by atoms with Crippen molar-refractivity contribution in [2.75, 3.05) is 0 Å². The van der Waals surface area contributed by atoms with Crippen molar-refractivity contribution in [2.24, 2.45) is 0 Å². The molecule has 0 saturated heterocycles. The van der Waals surface area contributed by atoms with E-state index in [0.29, 0.717) is 0 Å². The molecular formula is C8H5N2S. The lowest BCUT2D eigenvalue weighted by Crippen LogP contribution is -1.75. The molecular weight excluding hydrogens is 156 g/mol. The number of rotatable bonds is 1. The molecule has 0 amide bonds. The van der Waals surface area contributed by atoms with Gasteiger partial charge in [0.2, 0.25) is 0 Å². The molecule has 53 valence electrons. The van der Waals surface area contributed by atoms with Gasteiger partial charge in [0.15, 0.2) is 0 Å². The summed E-state index contributed by atoms with van der Waals surface area (Å²) in [7, 11) is 0. The topological polar surface area (TPSA) is 25.8 Å². The van der Waals surface area contributed by atoms with Crippen LogP contribution in [0.25, 0.3) is 10.6 Å². The molecule has 0 spiro atoms. The highest BCUT2D eigenvalue weighted by Gasteiger charge is 1.97. The molecule has 0 aliphatic carbocycles. The summed E-state index contributed by atoms with van der Waals surface area (Å²) in [6.45, 7) is 0. The van der Waals surface area contributed by atoms with Gasteiger partial charge in [-0.15, -0.1) is 11.3 Å². The van der Waals surface area contributed by atoms with Crippen LogP contribution in [0.5, 0.6) is 0 Å². The molecule has 3 heteroatoms. The molecule has 1 radical (unpaired) electrons. The number of hydrogen-bond acceptors (Lipinski definition) is 3. The second-order valence-electron chi connectivity index (χ2n) is 2.01. The number of aromatic nitrogens is 2. The van der Waals surface area contributed by atoms with Gasteiger partial charge in [-0.05, 0) is 6.07 Å². The molecule has 0 bridgehead atoms. The van der Waals surface area contributed by atoms with Gasteiger partial charge in [0.05, 0.1) is 0 Å². The van der Waals surface area contributed by atoms with E-state index in [0.717, 1.165) is 10.6 Å². The number of pyridine rings is 1. The third-order valence-electron chi connectivity index (χ3n) is 1.28. The summed E-state index contributed by atoms with van der Waals surface area (Å²) in [6, 6.07) is 4.79. The Morgan fingerprint density at radius 1 is 1.45 bits per heavy atom. The summed E-state index contributed by atoms with van der Waals surface area (Å²) in [6.07, 6.45) is 5.21. The van der Waals surface area contributed by atoms with Crippen LogP contribution in [-0.4, -0.2) is 9.97 Å². The Morgan fingerprint density at radius 3 is 3.09 bits per heavy atom. The van der Waals surface area contributed by atoms with E-state index in [9.17, 15) is 0 Å². The fourth-order valence-electron chi connectivity index (χ4n) is 0.808. The van der Waals surface area contributed by atoms with Gasteiger partial charge in [-0.1, -0.05) is 0 Å². The van der Waals surface area contributed by atoms with E-state index >= 15 is 0 Å². The largest absolute Gasteiger partial charge is 0.263 e. The maximum absolute atomic E-state index is 4.14. The summed E-state index contributed by atoms with van der Waals surface area (Å²) in [5, 5.41) is 2.94. The minimum atomic E-state index is 0.995. The van der Waals surface area contributed by atoms with Crippen LogP contribution in [0.3, 0.4) is 0 Å². The Bertz CT molecular complexity index is 315. The molecule has 0 aliphatic rings. The lowest BCUT2D eigenvalue weighted by atomic mass is 10.3. The summed E-state index contributed by atoms with van der Waals surface area (Å²) in [5.74, 6) is 0. The lowest BCUT2D eigenvalue weighted by molar-refractivity contribution is 1.31. The highest BCUT2D eigenvalue weighted by Crippen LogP contribution is 2.19. The fourth-order valence-corrected chi connectivity index (χ4v) is 1.43. The van der Waals surface area contributed by atoms with E-state index in [1.807, 2.05) is 11.4 Å². The van der Waals surface area contributed by atoms with E-state index in [1.54, 1.807) is 29.9 Å². The zero-order valence-electron chi connectivity index (χ0n) is 5.69. The Balaban J connectivity index is 2.46. The Labute approximate surface area is 68.6 Å². The van der Waals surface area contributed by atoms with Crippen molar-refractivity contribution in [1.29, 1.82) is 0 Å². The number of nitrogens with zero attached hydrogens (tertiary/aromatic N) is 2. The maximum Gasteiger partial charge on any atom is 0.124 e. The zero-order valence-corrected chi connectivity index (χ0v) is 6.51. The highest BCUT2D eigenvalue weighted by atomic mass is 32.1. The fraction of sp³-hybridized carbons (Fsp3) is 0. The summed E-state index contributed by atoms with van der Waals surface area (Å²) in [4.78, 5) is 8.10. The Kier molecular flexibility index (Phi) is 1.65. The minimum absolute atomic E-state index is 0.995. The highest BCUT2D eigenvalue weighted by molar-refractivity contribution is 7.13. The molecule has 2 rings (SSSR count). The molecule has 2 heterocycles. The quantitative estimate of drug-likeness (QED) is 0.639. The van der Waals surface area contributed by atoms with Gasteiger partial charge in [0.25, 0.3) is 0 Å². The monoisotopic (exact) mass is 161 g/mol. The van der Waals surface area contributed by atoms with Crippen LogP contribution in [0.15, 0.2) is 30.0 Å². The third kappa shape index (κ3) is 1.28. The first-order chi connectivity index (χ1) is 5.47. The first kappa shape index (κ1) is 6.49. The number of hydrogen-bond donors (Lipinski definition) is 0. The molecule has 0 N–H and O–H groups in total. The van der Waals surface area contributed by atoms with Crippen molar-refractivity contribution in [3.63, 3.8) is 0 Å². The smallest absolute Gasteiger partial charge is 0.124 e. The van der Waals surface area contributed by atoms with Gasteiger partial charge in [0, 0.05) is 35.6 Å². The standard InChI is InChI=1S/C8H5N2S/c1-2-7(6-9-3-1)8-10-4-5-11-8/h2-6H. The average molecular weight is 161 g/mol. The first-order valence-corrected chi connectivity index (χ1v) is 4.06. The van der Waals surface area contributed by atoms with Crippen molar-refractivity contribution in [3.8, 4) is 10.6 Å². The second kappa shape index (κ2) is 2.80. The van der Waals surface area contributed by atoms with Gasteiger partial charge in [-0.2, -0.15) is 0 Å². The van der Waals surface area contributed by atoms with Crippen molar-refractivity contribution < 1.29 is 0 Å². The van der Waals surface area contributed by atoms with Gasteiger partial charge in [-0.3, -0.25) is 4.98 Å². The average Bonchev–Trinajstić information content (AvgIpc) is 2.58. The minimum Gasteiger partial charge on any atom is -0.263 e. The van der Waals surface area contributed by atoms with Gasteiger partial charge >= 0.3 is 0 Å². The van der Waals surface area contributed by atoms with Gasteiger partial charge < -0.3 is 0 Å². The van der Waals surface area contributed by atoms with Gasteiger partial charge in [0.1, 0.15) is 5.01 Å². The van der Waals surface area contributed by atoms with Crippen LogP contribution in [0.1, 0.15) is 0 Å². The summed E-state index contributed by atoms with van der Waals surface area (Å²) >= 11 is 1.60. The van der Waals surface area contributed by atoms with Crippen molar-refractivity contribution in [2.45, 2.75) is 0 Å². The van der Waals surface area contributed by atoms with Crippen LogP contribution < -0.4 is 0 Å². The molecule has 2 aromatic heterocycles. The van der Waals surface area contributed by atoms with Crippen LogP contribution in [0.2, 0.25) is 0 Å². The zero-order chi connectivity index (χ0) is 7.52. The van der Waals surface area contributed by atoms with E-state index in [2.05, 4.69) is 16.0 Å². The molecule has 0 saturated carbocycles. The molecule has 2 nitrogen and oxygen atoms in total. The molecule has 2 aromatic rings. The Hall–Kier alpha value is -1.22. The molecule has 0 aliphatic heterocycles. The molecule has 0 unspecified atom stereocenters.